The largest absolute Gasteiger partial charge is 0.385 e. The number of hydrogen-bond acceptors (Lipinski definition) is 4. The van der Waals surface area contributed by atoms with E-state index in [0.29, 0.717) is 12.8 Å². The van der Waals surface area contributed by atoms with Gasteiger partial charge in [0.05, 0.1) is 17.1 Å². The molecule has 0 amide bonds. The number of nitrogens with one attached hydrogen (secondary N) is 1. The standard InChI is InChI=1S/C32H38N2O2/c35-30(29-18-10-11-22-33-29)32(27-14-6-2-7-15-27,28-16-8-3-9-17-28)21-25-34-23-19-31(36,20-24-34)26-12-4-1-5-13-26/h1-9,12-17,29,33,36H,10-11,18-25H2. The van der Waals surface area contributed by atoms with E-state index < -0.39 is 11.0 Å². The van der Waals surface area contributed by atoms with Gasteiger partial charge in [-0.25, -0.2) is 0 Å². The van der Waals surface area contributed by atoms with Crippen LogP contribution in [0, 0.1) is 0 Å². The molecule has 2 aliphatic rings. The zero-order valence-electron chi connectivity index (χ0n) is 21.1. The fourth-order valence-corrected chi connectivity index (χ4v) is 6.19. The lowest BCUT2D eigenvalue weighted by Gasteiger charge is -2.42. The molecule has 3 aromatic carbocycles. The first-order valence-corrected chi connectivity index (χ1v) is 13.5. The SMILES string of the molecule is O=C(C1CCCCN1)C(CCN1CCC(O)(c2ccccc2)CC1)(c1ccccc1)c1ccccc1. The van der Waals surface area contributed by atoms with E-state index in [1.54, 1.807) is 0 Å². The van der Waals surface area contributed by atoms with Crippen LogP contribution in [0.15, 0.2) is 91.0 Å². The summed E-state index contributed by atoms with van der Waals surface area (Å²) < 4.78 is 0. The number of carbonyl (C=O) groups excluding carboxylic acids is 1. The normalized spacial score (nSPS) is 20.6. The highest BCUT2D eigenvalue weighted by atomic mass is 16.3. The maximum absolute atomic E-state index is 14.5. The van der Waals surface area contributed by atoms with E-state index in [0.717, 1.165) is 68.6 Å². The molecule has 188 valence electrons. The minimum absolute atomic E-state index is 0.122. The second-order valence-corrected chi connectivity index (χ2v) is 10.5. The van der Waals surface area contributed by atoms with Crippen molar-refractivity contribution in [2.24, 2.45) is 0 Å². The Balaban J connectivity index is 1.42. The number of rotatable bonds is 8. The first-order chi connectivity index (χ1) is 17.6. The molecule has 4 nitrogen and oxygen atoms in total. The number of Topliss-reactive ketones (excluding diaryl/α,β-unsaturated/α-hetero) is 1. The fourth-order valence-electron chi connectivity index (χ4n) is 6.19. The van der Waals surface area contributed by atoms with Crippen molar-refractivity contribution in [1.82, 2.24) is 10.2 Å². The number of carbonyl (C=O) groups is 1. The maximum Gasteiger partial charge on any atom is 0.164 e. The van der Waals surface area contributed by atoms with E-state index in [2.05, 4.69) is 58.7 Å². The molecule has 0 radical (unpaired) electrons. The number of piperidine rings is 2. The van der Waals surface area contributed by atoms with Crippen LogP contribution in [0.5, 0.6) is 0 Å². The minimum Gasteiger partial charge on any atom is -0.385 e. The molecule has 1 unspecified atom stereocenters. The molecule has 0 aliphatic carbocycles. The Kier molecular flexibility index (Phi) is 7.66. The number of benzene rings is 3. The van der Waals surface area contributed by atoms with Crippen molar-refractivity contribution >= 4 is 5.78 Å². The average molecular weight is 483 g/mol. The van der Waals surface area contributed by atoms with E-state index in [4.69, 9.17) is 0 Å². The third-order valence-corrected chi connectivity index (χ3v) is 8.38. The van der Waals surface area contributed by atoms with Gasteiger partial charge in [0.2, 0.25) is 0 Å². The summed E-state index contributed by atoms with van der Waals surface area (Å²) in [5, 5.41) is 14.8. The predicted molar refractivity (Wildman–Crippen MR) is 145 cm³/mol. The van der Waals surface area contributed by atoms with Gasteiger partial charge in [0, 0.05) is 13.1 Å². The molecule has 2 heterocycles. The van der Waals surface area contributed by atoms with E-state index in [9.17, 15) is 9.90 Å². The number of hydrogen-bond donors (Lipinski definition) is 2. The highest BCUT2D eigenvalue weighted by Crippen LogP contribution is 2.40. The Hall–Kier alpha value is -2.79. The topological polar surface area (TPSA) is 52.6 Å². The summed E-state index contributed by atoms with van der Waals surface area (Å²) in [6.45, 7) is 3.36. The summed E-state index contributed by atoms with van der Waals surface area (Å²) >= 11 is 0. The van der Waals surface area contributed by atoms with Crippen LogP contribution in [0.25, 0.3) is 0 Å². The molecule has 4 heteroatoms. The van der Waals surface area contributed by atoms with Crippen molar-refractivity contribution in [2.75, 3.05) is 26.2 Å². The van der Waals surface area contributed by atoms with Crippen LogP contribution in [-0.4, -0.2) is 48.0 Å². The van der Waals surface area contributed by atoms with Gasteiger partial charge in [-0.15, -0.1) is 0 Å². The van der Waals surface area contributed by atoms with Crippen molar-refractivity contribution in [1.29, 1.82) is 0 Å². The predicted octanol–water partition coefficient (Wildman–Crippen LogP) is 5.06. The lowest BCUT2D eigenvalue weighted by atomic mass is 9.66. The molecule has 0 spiro atoms. The molecule has 2 aliphatic heterocycles. The molecule has 2 saturated heterocycles. The van der Waals surface area contributed by atoms with Crippen LogP contribution in [0.2, 0.25) is 0 Å². The third kappa shape index (κ3) is 5.04. The molecule has 3 aromatic rings. The summed E-state index contributed by atoms with van der Waals surface area (Å²) in [4.78, 5) is 16.9. The lowest BCUT2D eigenvalue weighted by Crippen LogP contribution is -2.52. The number of likely N-dealkylation sites (tertiary alicyclic amines) is 1. The van der Waals surface area contributed by atoms with E-state index in [-0.39, 0.29) is 11.8 Å². The van der Waals surface area contributed by atoms with Crippen molar-refractivity contribution < 1.29 is 9.90 Å². The van der Waals surface area contributed by atoms with Crippen molar-refractivity contribution in [3.8, 4) is 0 Å². The van der Waals surface area contributed by atoms with Gasteiger partial charge >= 0.3 is 0 Å². The quantitative estimate of drug-likeness (QED) is 0.471. The third-order valence-electron chi connectivity index (χ3n) is 8.38. The number of aliphatic hydroxyl groups is 1. The molecule has 0 saturated carbocycles. The van der Waals surface area contributed by atoms with Crippen molar-refractivity contribution in [2.45, 2.75) is 55.6 Å². The van der Waals surface area contributed by atoms with Crippen LogP contribution in [-0.2, 0) is 15.8 Å². The number of nitrogens with zero attached hydrogens (tertiary/aromatic N) is 1. The van der Waals surface area contributed by atoms with Crippen LogP contribution in [0.4, 0.5) is 0 Å². The summed E-state index contributed by atoms with van der Waals surface area (Å²) in [5.74, 6) is 0.289. The Morgan fingerprint density at radius 1 is 0.861 bits per heavy atom. The highest BCUT2D eigenvalue weighted by molar-refractivity contribution is 5.97. The second-order valence-electron chi connectivity index (χ2n) is 10.5. The van der Waals surface area contributed by atoms with Crippen molar-refractivity contribution in [3.63, 3.8) is 0 Å². The Bertz CT molecular complexity index is 1060. The van der Waals surface area contributed by atoms with Crippen LogP contribution >= 0.6 is 0 Å². The van der Waals surface area contributed by atoms with Gasteiger partial charge in [0.25, 0.3) is 0 Å². The van der Waals surface area contributed by atoms with Gasteiger partial charge in [-0.1, -0.05) is 97.4 Å². The van der Waals surface area contributed by atoms with Gasteiger partial charge in [-0.3, -0.25) is 4.79 Å². The highest BCUT2D eigenvalue weighted by Gasteiger charge is 2.45. The van der Waals surface area contributed by atoms with Crippen LogP contribution < -0.4 is 5.32 Å². The molecule has 0 bridgehead atoms. The lowest BCUT2D eigenvalue weighted by molar-refractivity contribution is -0.126. The van der Waals surface area contributed by atoms with Gasteiger partial charge < -0.3 is 15.3 Å². The van der Waals surface area contributed by atoms with Crippen LogP contribution in [0.1, 0.15) is 55.2 Å². The molecule has 36 heavy (non-hydrogen) atoms. The van der Waals surface area contributed by atoms with Gasteiger partial charge in [0.1, 0.15) is 0 Å². The molecule has 2 N–H and O–H groups in total. The van der Waals surface area contributed by atoms with Gasteiger partial charge in [0.15, 0.2) is 5.78 Å². The molecular formula is C32H38N2O2. The van der Waals surface area contributed by atoms with E-state index in [1.807, 2.05) is 42.5 Å². The molecule has 1 atom stereocenters. The second kappa shape index (κ2) is 11.1. The minimum atomic E-state index is -0.768. The fraction of sp³-hybridized carbons (Fsp3) is 0.406. The van der Waals surface area contributed by atoms with Gasteiger partial charge in [-0.2, -0.15) is 0 Å². The van der Waals surface area contributed by atoms with E-state index in [1.165, 1.54) is 0 Å². The smallest absolute Gasteiger partial charge is 0.164 e. The Morgan fingerprint density at radius 2 is 1.42 bits per heavy atom. The molecule has 5 rings (SSSR count). The average Bonchev–Trinajstić information content (AvgIpc) is 2.96. The zero-order valence-corrected chi connectivity index (χ0v) is 21.1. The van der Waals surface area contributed by atoms with Crippen LogP contribution in [0.3, 0.4) is 0 Å². The summed E-state index contributed by atoms with van der Waals surface area (Å²) in [7, 11) is 0. The maximum atomic E-state index is 14.5. The van der Waals surface area contributed by atoms with Crippen molar-refractivity contribution in [3.05, 3.63) is 108 Å². The number of ketones is 1. The summed E-state index contributed by atoms with van der Waals surface area (Å²) in [5.41, 5.74) is 1.68. The summed E-state index contributed by atoms with van der Waals surface area (Å²) in [6.07, 6.45) is 5.26. The van der Waals surface area contributed by atoms with Gasteiger partial charge in [-0.05, 0) is 61.9 Å². The Labute approximate surface area is 215 Å². The zero-order chi connectivity index (χ0) is 24.8. The molecule has 2 fully saturated rings. The Morgan fingerprint density at radius 3 is 1.94 bits per heavy atom. The molecular weight excluding hydrogens is 444 g/mol. The first-order valence-electron chi connectivity index (χ1n) is 13.5. The monoisotopic (exact) mass is 482 g/mol. The summed E-state index contributed by atoms with van der Waals surface area (Å²) in [6, 6.07) is 30.7. The van der Waals surface area contributed by atoms with E-state index >= 15 is 0 Å². The molecule has 0 aromatic heterocycles. The first kappa shape index (κ1) is 24.9.